The fraction of sp³-hybridized carbons (Fsp3) is 0.381. The van der Waals surface area contributed by atoms with Gasteiger partial charge in [0.25, 0.3) is 17.7 Å². The maximum absolute atomic E-state index is 12.9. The zero-order valence-corrected chi connectivity index (χ0v) is 17.2. The van der Waals surface area contributed by atoms with Crippen LogP contribution in [0.15, 0.2) is 34.9 Å². The number of fused-ring (bicyclic) bond motifs is 1. The molecule has 3 rings (SSSR count). The molecule has 0 bridgehead atoms. The number of amides is 3. The van der Waals surface area contributed by atoms with Crippen molar-refractivity contribution in [1.82, 2.24) is 10.1 Å². The summed E-state index contributed by atoms with van der Waals surface area (Å²) in [6.07, 6.45) is -0.958. The predicted octanol–water partition coefficient (Wildman–Crippen LogP) is 2.56. The van der Waals surface area contributed by atoms with E-state index in [-0.39, 0.29) is 29.3 Å². The Labute approximate surface area is 173 Å². The molecular formula is C21H23N3O6. The molecule has 9 nitrogen and oxygen atoms in total. The highest BCUT2D eigenvalue weighted by Gasteiger charge is 2.44. The summed E-state index contributed by atoms with van der Waals surface area (Å²) in [5.41, 5.74) is 0.493. The van der Waals surface area contributed by atoms with Crippen LogP contribution in [0.4, 0.5) is 5.82 Å². The third-order valence-corrected chi connectivity index (χ3v) is 4.65. The molecule has 2 heterocycles. The lowest BCUT2D eigenvalue weighted by atomic mass is 10.0. The monoisotopic (exact) mass is 413 g/mol. The van der Waals surface area contributed by atoms with Gasteiger partial charge in [-0.15, -0.1) is 0 Å². The Morgan fingerprint density at radius 3 is 2.23 bits per heavy atom. The minimum Gasteiger partial charge on any atom is -0.451 e. The average Bonchev–Trinajstić information content (AvgIpc) is 3.21. The molecule has 1 aliphatic rings. The lowest BCUT2D eigenvalue weighted by Crippen LogP contribution is -2.48. The molecule has 1 N–H and O–H groups in total. The van der Waals surface area contributed by atoms with Gasteiger partial charge in [0, 0.05) is 6.07 Å². The Morgan fingerprint density at radius 2 is 1.73 bits per heavy atom. The lowest BCUT2D eigenvalue weighted by molar-refractivity contribution is -0.157. The normalized spacial score (nSPS) is 15.2. The van der Waals surface area contributed by atoms with Gasteiger partial charge in [0.2, 0.25) is 0 Å². The summed E-state index contributed by atoms with van der Waals surface area (Å²) in [6.45, 7) is 6.79. The number of nitrogens with one attached hydrogen (secondary N) is 1. The van der Waals surface area contributed by atoms with E-state index < -0.39 is 35.8 Å². The smallest absolute Gasteiger partial charge is 0.330 e. The van der Waals surface area contributed by atoms with E-state index in [1.807, 2.05) is 13.8 Å². The van der Waals surface area contributed by atoms with Crippen LogP contribution in [0.5, 0.6) is 0 Å². The molecule has 0 fully saturated rings. The summed E-state index contributed by atoms with van der Waals surface area (Å²) in [5.74, 6) is -1.83. The van der Waals surface area contributed by atoms with E-state index in [1.54, 1.807) is 31.2 Å². The summed E-state index contributed by atoms with van der Waals surface area (Å²) in [6, 6.07) is 6.78. The van der Waals surface area contributed by atoms with Crippen LogP contribution in [0.1, 0.15) is 53.7 Å². The minimum atomic E-state index is -1.17. The van der Waals surface area contributed by atoms with E-state index in [4.69, 9.17) is 9.26 Å². The molecule has 0 unspecified atom stereocenters. The number of esters is 1. The van der Waals surface area contributed by atoms with E-state index in [0.29, 0.717) is 5.76 Å². The van der Waals surface area contributed by atoms with E-state index >= 15 is 0 Å². The SMILES string of the molecule is Cc1cc(NC(=O)[C@H](C)OC(=O)[C@H](CC(C)C)N2C(=O)c3ccccc3C2=O)no1. The van der Waals surface area contributed by atoms with Gasteiger partial charge < -0.3 is 14.6 Å². The van der Waals surface area contributed by atoms with E-state index in [9.17, 15) is 19.2 Å². The van der Waals surface area contributed by atoms with Crippen LogP contribution in [0.25, 0.3) is 0 Å². The highest BCUT2D eigenvalue weighted by molar-refractivity contribution is 6.22. The van der Waals surface area contributed by atoms with Crippen molar-refractivity contribution in [3.63, 3.8) is 0 Å². The largest absolute Gasteiger partial charge is 0.451 e. The van der Waals surface area contributed by atoms with Crippen LogP contribution in [-0.2, 0) is 14.3 Å². The molecule has 0 radical (unpaired) electrons. The Hall–Kier alpha value is -3.49. The molecule has 0 spiro atoms. The first-order valence-corrected chi connectivity index (χ1v) is 9.60. The van der Waals surface area contributed by atoms with Crippen molar-refractivity contribution >= 4 is 29.5 Å². The van der Waals surface area contributed by atoms with Gasteiger partial charge in [-0.25, -0.2) is 4.79 Å². The van der Waals surface area contributed by atoms with Gasteiger partial charge in [0.05, 0.1) is 11.1 Å². The number of nitrogens with zero attached hydrogens (tertiary/aromatic N) is 2. The number of rotatable bonds is 7. The van der Waals surface area contributed by atoms with Gasteiger partial charge in [-0.2, -0.15) is 0 Å². The predicted molar refractivity (Wildman–Crippen MR) is 106 cm³/mol. The molecule has 158 valence electrons. The minimum absolute atomic E-state index is 0.00546. The summed E-state index contributed by atoms with van der Waals surface area (Å²) in [4.78, 5) is 51.7. The molecule has 2 aromatic rings. The van der Waals surface area contributed by atoms with Gasteiger partial charge >= 0.3 is 5.97 Å². The van der Waals surface area contributed by atoms with Gasteiger partial charge in [0.1, 0.15) is 11.8 Å². The van der Waals surface area contributed by atoms with Crippen molar-refractivity contribution in [2.24, 2.45) is 5.92 Å². The molecule has 9 heteroatoms. The maximum atomic E-state index is 12.9. The van der Waals surface area contributed by atoms with E-state index in [2.05, 4.69) is 10.5 Å². The summed E-state index contributed by atoms with van der Waals surface area (Å²) in [5, 5.41) is 6.13. The molecule has 1 aliphatic heterocycles. The fourth-order valence-electron chi connectivity index (χ4n) is 3.20. The van der Waals surface area contributed by atoms with Crippen molar-refractivity contribution in [1.29, 1.82) is 0 Å². The number of carbonyl (C=O) groups is 4. The highest BCUT2D eigenvalue weighted by Crippen LogP contribution is 2.27. The Kier molecular flexibility index (Phi) is 6.00. The number of carbonyl (C=O) groups excluding carboxylic acids is 4. The second-order valence-electron chi connectivity index (χ2n) is 7.56. The summed E-state index contributed by atoms with van der Waals surface area (Å²) in [7, 11) is 0. The van der Waals surface area contributed by atoms with Crippen molar-refractivity contribution in [3.05, 3.63) is 47.2 Å². The van der Waals surface area contributed by atoms with E-state index in [0.717, 1.165) is 4.90 Å². The molecule has 3 amide bonds. The second-order valence-corrected chi connectivity index (χ2v) is 7.56. The zero-order valence-electron chi connectivity index (χ0n) is 17.2. The summed E-state index contributed by atoms with van der Waals surface area (Å²) >= 11 is 0. The fourth-order valence-corrected chi connectivity index (χ4v) is 3.20. The quantitative estimate of drug-likeness (QED) is 0.547. The number of benzene rings is 1. The first kappa shape index (κ1) is 21.2. The molecule has 0 aliphatic carbocycles. The standard InChI is InChI=1S/C21H23N3O6/c1-11(2)9-16(24-19(26)14-7-5-6-8-15(14)20(24)27)21(28)29-13(4)18(25)22-17-10-12(3)30-23-17/h5-8,10-11,13,16H,9H2,1-4H3,(H,22,23,25)/t13-,16-/m0/s1. The van der Waals surface area contributed by atoms with Crippen LogP contribution in [0.3, 0.4) is 0 Å². The average molecular weight is 413 g/mol. The number of aryl methyl sites for hydroxylation is 1. The zero-order chi connectivity index (χ0) is 22.0. The second kappa shape index (κ2) is 8.48. The van der Waals surface area contributed by atoms with Gasteiger partial charge in [-0.05, 0) is 38.3 Å². The molecule has 0 saturated carbocycles. The van der Waals surface area contributed by atoms with Gasteiger partial charge in [-0.3, -0.25) is 19.3 Å². The lowest BCUT2D eigenvalue weighted by Gasteiger charge is -2.27. The van der Waals surface area contributed by atoms with Crippen molar-refractivity contribution in [2.75, 3.05) is 5.32 Å². The van der Waals surface area contributed by atoms with Gasteiger partial charge in [0.15, 0.2) is 11.9 Å². The topological polar surface area (TPSA) is 119 Å². The van der Waals surface area contributed by atoms with Crippen LogP contribution in [0.2, 0.25) is 0 Å². The highest BCUT2D eigenvalue weighted by atomic mass is 16.5. The molecule has 1 aromatic heterocycles. The number of imide groups is 1. The Bertz CT molecular complexity index is 961. The number of aromatic nitrogens is 1. The number of hydrogen-bond donors (Lipinski definition) is 1. The number of anilines is 1. The van der Waals surface area contributed by atoms with Crippen molar-refractivity contribution in [2.45, 2.75) is 46.3 Å². The van der Waals surface area contributed by atoms with Crippen LogP contribution < -0.4 is 5.32 Å². The Balaban J connectivity index is 1.75. The summed E-state index contributed by atoms with van der Waals surface area (Å²) < 4.78 is 10.2. The molecular weight excluding hydrogens is 390 g/mol. The van der Waals surface area contributed by atoms with Crippen LogP contribution >= 0.6 is 0 Å². The van der Waals surface area contributed by atoms with Crippen molar-refractivity contribution in [3.8, 4) is 0 Å². The van der Waals surface area contributed by atoms with Crippen LogP contribution in [-0.4, -0.2) is 45.9 Å². The Morgan fingerprint density at radius 1 is 1.13 bits per heavy atom. The van der Waals surface area contributed by atoms with Crippen molar-refractivity contribution < 1.29 is 28.4 Å². The third kappa shape index (κ3) is 4.24. The molecule has 0 saturated heterocycles. The first-order valence-electron chi connectivity index (χ1n) is 9.60. The number of ether oxygens (including phenoxy) is 1. The maximum Gasteiger partial charge on any atom is 0.330 e. The molecule has 1 aromatic carbocycles. The molecule has 30 heavy (non-hydrogen) atoms. The van der Waals surface area contributed by atoms with Gasteiger partial charge in [-0.1, -0.05) is 31.1 Å². The first-order chi connectivity index (χ1) is 14.2. The van der Waals surface area contributed by atoms with E-state index in [1.165, 1.54) is 13.0 Å². The van der Waals surface area contributed by atoms with Crippen LogP contribution in [0, 0.1) is 12.8 Å². The third-order valence-electron chi connectivity index (χ3n) is 4.65. The molecule has 2 atom stereocenters. The number of hydrogen-bond acceptors (Lipinski definition) is 7.